The summed E-state index contributed by atoms with van der Waals surface area (Å²) in [5.41, 5.74) is 0. The van der Waals surface area contributed by atoms with Gasteiger partial charge in [-0.25, -0.2) is 0 Å². The van der Waals surface area contributed by atoms with E-state index in [1.54, 1.807) is 0 Å². The lowest BCUT2D eigenvalue weighted by Gasteiger charge is -2.29. The second kappa shape index (κ2) is 6.75. The highest BCUT2D eigenvalue weighted by molar-refractivity contribution is 4.80. The molecule has 1 aliphatic carbocycles. The third-order valence-electron chi connectivity index (χ3n) is 4.82. The average Bonchev–Trinajstić information content (AvgIpc) is 2.79. The molecule has 0 radical (unpaired) electrons. The van der Waals surface area contributed by atoms with Crippen LogP contribution < -0.4 is 5.32 Å². The maximum atomic E-state index is 3.77. The molecule has 0 bridgehead atoms. The van der Waals surface area contributed by atoms with Gasteiger partial charge < -0.3 is 5.32 Å². The van der Waals surface area contributed by atoms with Crippen LogP contribution >= 0.6 is 0 Å². The molecule has 1 saturated carbocycles. The highest BCUT2D eigenvalue weighted by atomic mass is 15.2. The van der Waals surface area contributed by atoms with Gasteiger partial charge in [-0.3, -0.25) is 4.90 Å². The predicted molar refractivity (Wildman–Crippen MR) is 74.3 cm³/mol. The molecule has 2 fully saturated rings. The van der Waals surface area contributed by atoms with Crippen LogP contribution in [0.1, 0.15) is 58.8 Å². The molecule has 2 aliphatic rings. The molecule has 1 unspecified atom stereocenters. The molecule has 2 heteroatoms. The molecular formula is C15H30N2. The minimum atomic E-state index is 0.814. The van der Waals surface area contributed by atoms with Gasteiger partial charge in [-0.1, -0.05) is 13.8 Å². The summed E-state index contributed by atoms with van der Waals surface area (Å²) >= 11 is 0. The van der Waals surface area contributed by atoms with Crippen molar-refractivity contribution in [3.05, 3.63) is 0 Å². The first-order chi connectivity index (χ1) is 8.29. The van der Waals surface area contributed by atoms with Crippen molar-refractivity contribution in [1.82, 2.24) is 10.2 Å². The zero-order chi connectivity index (χ0) is 12.1. The van der Waals surface area contributed by atoms with E-state index in [-0.39, 0.29) is 0 Å². The fourth-order valence-corrected chi connectivity index (χ4v) is 3.53. The number of hydrogen-bond donors (Lipinski definition) is 1. The summed E-state index contributed by atoms with van der Waals surface area (Å²) in [6.07, 6.45) is 9.84. The molecule has 1 heterocycles. The fraction of sp³-hybridized carbons (Fsp3) is 1.00. The Hall–Kier alpha value is -0.0800. The van der Waals surface area contributed by atoms with Crippen molar-refractivity contribution in [1.29, 1.82) is 0 Å². The Morgan fingerprint density at radius 3 is 2.59 bits per heavy atom. The van der Waals surface area contributed by atoms with Gasteiger partial charge in [0.25, 0.3) is 0 Å². The summed E-state index contributed by atoms with van der Waals surface area (Å²) in [4.78, 5) is 2.69. The van der Waals surface area contributed by atoms with Gasteiger partial charge in [-0.05, 0) is 57.4 Å². The molecule has 0 aromatic rings. The van der Waals surface area contributed by atoms with Crippen molar-refractivity contribution < 1.29 is 0 Å². The number of nitrogens with zero attached hydrogens (tertiary/aromatic N) is 1. The van der Waals surface area contributed by atoms with Gasteiger partial charge in [0.15, 0.2) is 0 Å². The van der Waals surface area contributed by atoms with Crippen LogP contribution in [-0.4, -0.2) is 36.6 Å². The van der Waals surface area contributed by atoms with Crippen molar-refractivity contribution in [2.45, 2.75) is 70.9 Å². The minimum absolute atomic E-state index is 0.814. The number of hydrogen-bond acceptors (Lipinski definition) is 2. The van der Waals surface area contributed by atoms with Crippen molar-refractivity contribution >= 4 is 0 Å². The monoisotopic (exact) mass is 238 g/mol. The van der Waals surface area contributed by atoms with Gasteiger partial charge in [0, 0.05) is 25.2 Å². The van der Waals surface area contributed by atoms with Gasteiger partial charge in [-0.2, -0.15) is 0 Å². The van der Waals surface area contributed by atoms with Crippen LogP contribution in [-0.2, 0) is 0 Å². The molecule has 0 spiro atoms. The number of rotatable bonds is 5. The summed E-state index contributed by atoms with van der Waals surface area (Å²) in [7, 11) is 0. The maximum absolute atomic E-state index is 3.77. The lowest BCUT2D eigenvalue weighted by atomic mass is 9.87. The first kappa shape index (κ1) is 13.4. The summed E-state index contributed by atoms with van der Waals surface area (Å²) in [5.74, 6) is 0.969. The van der Waals surface area contributed by atoms with Crippen LogP contribution in [0.25, 0.3) is 0 Å². The first-order valence-corrected chi connectivity index (χ1v) is 7.77. The second-order valence-electron chi connectivity index (χ2n) is 6.15. The van der Waals surface area contributed by atoms with Crippen LogP contribution in [0.15, 0.2) is 0 Å². The molecule has 100 valence electrons. The Morgan fingerprint density at radius 2 is 1.88 bits per heavy atom. The molecule has 0 amide bonds. The van der Waals surface area contributed by atoms with E-state index >= 15 is 0 Å². The predicted octanol–water partition coefficient (Wildman–Crippen LogP) is 3.03. The molecule has 1 N–H and O–H groups in total. The van der Waals surface area contributed by atoms with Crippen LogP contribution in [0.4, 0.5) is 0 Å². The van der Waals surface area contributed by atoms with Crippen molar-refractivity contribution in [2.24, 2.45) is 5.92 Å². The van der Waals surface area contributed by atoms with E-state index in [9.17, 15) is 0 Å². The van der Waals surface area contributed by atoms with Crippen LogP contribution in [0.3, 0.4) is 0 Å². The van der Waals surface area contributed by atoms with Gasteiger partial charge >= 0.3 is 0 Å². The van der Waals surface area contributed by atoms with E-state index in [2.05, 4.69) is 24.1 Å². The van der Waals surface area contributed by atoms with Gasteiger partial charge in [0.1, 0.15) is 0 Å². The highest BCUT2D eigenvalue weighted by Crippen LogP contribution is 2.23. The molecule has 1 aliphatic heterocycles. The smallest absolute Gasteiger partial charge is 0.0110 e. The van der Waals surface area contributed by atoms with Gasteiger partial charge in [0.05, 0.1) is 0 Å². The van der Waals surface area contributed by atoms with E-state index in [0.717, 1.165) is 18.0 Å². The topological polar surface area (TPSA) is 15.3 Å². The van der Waals surface area contributed by atoms with Crippen molar-refractivity contribution in [2.75, 3.05) is 19.6 Å². The lowest BCUT2D eigenvalue weighted by Crippen LogP contribution is -2.40. The maximum Gasteiger partial charge on any atom is 0.0110 e. The molecule has 2 rings (SSSR count). The number of likely N-dealkylation sites (tertiary alicyclic amines) is 1. The molecular weight excluding hydrogens is 208 g/mol. The molecule has 2 nitrogen and oxygen atoms in total. The molecule has 17 heavy (non-hydrogen) atoms. The molecule has 1 atom stereocenters. The lowest BCUT2D eigenvalue weighted by molar-refractivity contribution is 0.234. The fourth-order valence-electron chi connectivity index (χ4n) is 3.53. The first-order valence-electron chi connectivity index (χ1n) is 7.77. The van der Waals surface area contributed by atoms with E-state index in [0.29, 0.717) is 0 Å². The van der Waals surface area contributed by atoms with E-state index < -0.39 is 0 Å². The quantitative estimate of drug-likeness (QED) is 0.792. The zero-order valence-corrected chi connectivity index (χ0v) is 11.8. The third kappa shape index (κ3) is 3.96. The third-order valence-corrected chi connectivity index (χ3v) is 4.82. The number of nitrogens with one attached hydrogen (secondary N) is 1. The standard InChI is InChI=1S/C15H30N2/c1-3-15-5-4-11-17(15)12-10-16-14-8-6-13(2)7-9-14/h13-16H,3-12H2,1-2H3. The summed E-state index contributed by atoms with van der Waals surface area (Å²) in [6, 6.07) is 1.69. The zero-order valence-electron chi connectivity index (χ0n) is 11.8. The second-order valence-corrected chi connectivity index (χ2v) is 6.15. The Bertz CT molecular complexity index is 209. The Morgan fingerprint density at radius 1 is 1.12 bits per heavy atom. The SMILES string of the molecule is CCC1CCCN1CCNC1CCC(C)CC1. The largest absolute Gasteiger partial charge is 0.313 e. The Kier molecular flexibility index (Phi) is 5.30. The normalized spacial score (nSPS) is 35.3. The summed E-state index contributed by atoms with van der Waals surface area (Å²) in [5, 5.41) is 3.77. The highest BCUT2D eigenvalue weighted by Gasteiger charge is 2.22. The van der Waals surface area contributed by atoms with E-state index in [1.165, 1.54) is 64.6 Å². The van der Waals surface area contributed by atoms with Crippen molar-refractivity contribution in [3.8, 4) is 0 Å². The Labute approximate surface area is 107 Å². The summed E-state index contributed by atoms with van der Waals surface area (Å²) < 4.78 is 0. The minimum Gasteiger partial charge on any atom is -0.313 e. The van der Waals surface area contributed by atoms with E-state index in [4.69, 9.17) is 0 Å². The van der Waals surface area contributed by atoms with Crippen molar-refractivity contribution in [3.63, 3.8) is 0 Å². The average molecular weight is 238 g/mol. The Balaban J connectivity index is 1.59. The van der Waals surface area contributed by atoms with Gasteiger partial charge in [-0.15, -0.1) is 0 Å². The van der Waals surface area contributed by atoms with Crippen LogP contribution in [0.2, 0.25) is 0 Å². The van der Waals surface area contributed by atoms with Gasteiger partial charge in [0.2, 0.25) is 0 Å². The molecule has 1 saturated heterocycles. The van der Waals surface area contributed by atoms with Crippen LogP contribution in [0.5, 0.6) is 0 Å². The molecule has 0 aromatic heterocycles. The van der Waals surface area contributed by atoms with Crippen LogP contribution in [0, 0.1) is 5.92 Å². The summed E-state index contributed by atoms with van der Waals surface area (Å²) in [6.45, 7) is 8.53. The van der Waals surface area contributed by atoms with E-state index in [1.807, 2.05) is 0 Å². The molecule has 0 aromatic carbocycles.